The lowest BCUT2D eigenvalue weighted by atomic mass is 10.1. The van der Waals surface area contributed by atoms with Crippen molar-refractivity contribution in [3.63, 3.8) is 0 Å². The van der Waals surface area contributed by atoms with Crippen LogP contribution in [0.2, 0.25) is 0 Å². The summed E-state index contributed by atoms with van der Waals surface area (Å²) < 4.78 is 7.19. The van der Waals surface area contributed by atoms with Gasteiger partial charge in [0.05, 0.1) is 11.6 Å². The van der Waals surface area contributed by atoms with Crippen LogP contribution in [0.25, 0.3) is 27.9 Å². The Labute approximate surface area is 148 Å². The normalized spacial score (nSPS) is 12.0. The molecule has 2 N–H and O–H groups in total. The van der Waals surface area contributed by atoms with E-state index in [0.717, 1.165) is 0 Å². The average Bonchev–Trinajstić information content (AvgIpc) is 2.92. The summed E-state index contributed by atoms with van der Waals surface area (Å²) >= 11 is 0. The standard InChI is InChI=1S/C19H18N4O3/c1-19(2,3)22-17-15(21-13-10-20-8-9-23(13)17)14-16(24)11-6-4-5-7-12(11)26-18(14)25/h4-10,22,24H,1-3H3. The molecule has 4 rings (SSSR count). The number of para-hydroxylation sites is 1. The van der Waals surface area contributed by atoms with E-state index >= 15 is 0 Å². The number of nitrogens with one attached hydrogen (secondary N) is 1. The number of aromatic hydroxyl groups is 1. The minimum absolute atomic E-state index is 0.0270. The Bertz CT molecular complexity index is 1190. The van der Waals surface area contributed by atoms with Crippen molar-refractivity contribution in [2.75, 3.05) is 5.32 Å². The third-order valence-corrected chi connectivity index (χ3v) is 3.95. The highest BCUT2D eigenvalue weighted by Gasteiger charge is 2.25. The van der Waals surface area contributed by atoms with Gasteiger partial charge in [0.2, 0.25) is 0 Å². The summed E-state index contributed by atoms with van der Waals surface area (Å²) in [6.45, 7) is 6.00. The Morgan fingerprint density at radius 3 is 2.77 bits per heavy atom. The molecule has 0 fully saturated rings. The first kappa shape index (κ1) is 16.1. The van der Waals surface area contributed by atoms with Crippen molar-refractivity contribution >= 4 is 22.4 Å². The van der Waals surface area contributed by atoms with Crippen molar-refractivity contribution < 1.29 is 9.52 Å². The van der Waals surface area contributed by atoms with Crippen LogP contribution in [0.4, 0.5) is 5.82 Å². The van der Waals surface area contributed by atoms with Crippen LogP contribution in [-0.2, 0) is 0 Å². The third kappa shape index (κ3) is 2.57. The molecule has 7 heteroatoms. The summed E-state index contributed by atoms with van der Waals surface area (Å²) in [6, 6.07) is 6.86. The van der Waals surface area contributed by atoms with Gasteiger partial charge in [-0.25, -0.2) is 9.78 Å². The molecule has 3 aromatic heterocycles. The molecule has 1 aromatic carbocycles. The summed E-state index contributed by atoms with van der Waals surface area (Å²) in [4.78, 5) is 21.2. The van der Waals surface area contributed by atoms with Crippen LogP contribution in [0.1, 0.15) is 20.8 Å². The van der Waals surface area contributed by atoms with Gasteiger partial charge in [0.1, 0.15) is 28.4 Å². The molecular formula is C19H18N4O3. The first-order valence-electron chi connectivity index (χ1n) is 8.20. The molecule has 0 bridgehead atoms. The maximum atomic E-state index is 12.6. The van der Waals surface area contributed by atoms with E-state index in [1.165, 1.54) is 0 Å². The summed E-state index contributed by atoms with van der Waals surface area (Å²) in [7, 11) is 0. The zero-order chi connectivity index (χ0) is 18.5. The molecule has 0 atom stereocenters. The first-order valence-corrected chi connectivity index (χ1v) is 8.20. The molecule has 3 heterocycles. The topological polar surface area (TPSA) is 92.7 Å². The molecule has 0 radical (unpaired) electrons. The maximum Gasteiger partial charge on any atom is 0.349 e. The molecule has 0 aliphatic carbocycles. The zero-order valence-electron chi connectivity index (χ0n) is 14.6. The van der Waals surface area contributed by atoms with Gasteiger partial charge in [0.25, 0.3) is 0 Å². The molecule has 0 spiro atoms. The van der Waals surface area contributed by atoms with E-state index in [2.05, 4.69) is 15.3 Å². The van der Waals surface area contributed by atoms with E-state index in [0.29, 0.717) is 28.1 Å². The Kier molecular flexibility index (Phi) is 3.47. The van der Waals surface area contributed by atoms with Crippen LogP contribution < -0.4 is 10.9 Å². The monoisotopic (exact) mass is 350 g/mol. The van der Waals surface area contributed by atoms with E-state index < -0.39 is 5.63 Å². The number of nitrogens with zero attached hydrogens (tertiary/aromatic N) is 3. The number of benzene rings is 1. The molecule has 4 aromatic rings. The lowest BCUT2D eigenvalue weighted by Gasteiger charge is -2.22. The second-order valence-corrected chi connectivity index (χ2v) is 7.10. The zero-order valence-corrected chi connectivity index (χ0v) is 14.6. The van der Waals surface area contributed by atoms with Gasteiger partial charge in [-0.3, -0.25) is 9.38 Å². The molecule has 26 heavy (non-hydrogen) atoms. The maximum absolute atomic E-state index is 12.6. The van der Waals surface area contributed by atoms with Crippen LogP contribution >= 0.6 is 0 Å². The van der Waals surface area contributed by atoms with E-state index in [1.807, 2.05) is 20.8 Å². The van der Waals surface area contributed by atoms with Crippen LogP contribution in [0.5, 0.6) is 5.75 Å². The quantitative estimate of drug-likeness (QED) is 0.538. The van der Waals surface area contributed by atoms with Crippen LogP contribution in [0, 0.1) is 0 Å². The van der Waals surface area contributed by atoms with Crippen molar-refractivity contribution in [1.29, 1.82) is 0 Å². The van der Waals surface area contributed by atoms with Gasteiger partial charge in [-0.2, -0.15) is 0 Å². The molecule has 132 valence electrons. The summed E-state index contributed by atoms with van der Waals surface area (Å²) in [5.41, 5.74) is 0.301. The highest BCUT2D eigenvalue weighted by atomic mass is 16.4. The highest BCUT2D eigenvalue weighted by molar-refractivity contribution is 5.92. The van der Waals surface area contributed by atoms with Gasteiger partial charge >= 0.3 is 5.63 Å². The fraction of sp³-hybridized carbons (Fsp3) is 0.211. The van der Waals surface area contributed by atoms with Gasteiger partial charge in [-0.1, -0.05) is 12.1 Å². The lowest BCUT2D eigenvalue weighted by molar-refractivity contribution is 0.471. The molecule has 0 amide bonds. The van der Waals surface area contributed by atoms with E-state index in [-0.39, 0.29) is 16.9 Å². The number of hydrogen-bond acceptors (Lipinski definition) is 6. The minimum Gasteiger partial charge on any atom is -0.506 e. The molecular weight excluding hydrogens is 332 g/mol. The fourth-order valence-corrected chi connectivity index (χ4v) is 2.90. The predicted octanol–water partition coefficient (Wildman–Crippen LogP) is 3.42. The van der Waals surface area contributed by atoms with Gasteiger partial charge in [-0.15, -0.1) is 0 Å². The van der Waals surface area contributed by atoms with Crippen molar-refractivity contribution in [3.8, 4) is 17.0 Å². The highest BCUT2D eigenvalue weighted by Crippen LogP contribution is 2.37. The number of fused-ring (bicyclic) bond motifs is 2. The molecule has 0 saturated carbocycles. The summed E-state index contributed by atoms with van der Waals surface area (Å²) in [5.74, 6) is 0.443. The first-order chi connectivity index (χ1) is 12.3. The third-order valence-electron chi connectivity index (χ3n) is 3.95. The Balaban J connectivity index is 2.08. The van der Waals surface area contributed by atoms with E-state index in [4.69, 9.17) is 4.42 Å². The summed E-state index contributed by atoms with van der Waals surface area (Å²) in [6.07, 6.45) is 4.98. The molecule has 0 aliphatic heterocycles. The Morgan fingerprint density at radius 2 is 2.00 bits per heavy atom. The number of aromatic nitrogens is 3. The van der Waals surface area contributed by atoms with Gasteiger partial charge in [0, 0.05) is 17.9 Å². The van der Waals surface area contributed by atoms with E-state index in [1.54, 1.807) is 47.3 Å². The molecule has 0 aliphatic rings. The molecule has 7 nitrogen and oxygen atoms in total. The van der Waals surface area contributed by atoms with Crippen LogP contribution in [0.15, 0.2) is 52.1 Å². The fourth-order valence-electron chi connectivity index (χ4n) is 2.90. The number of imidazole rings is 1. The predicted molar refractivity (Wildman–Crippen MR) is 99.5 cm³/mol. The Morgan fingerprint density at radius 1 is 1.23 bits per heavy atom. The van der Waals surface area contributed by atoms with Crippen molar-refractivity contribution in [3.05, 3.63) is 53.3 Å². The second-order valence-electron chi connectivity index (χ2n) is 7.10. The lowest BCUT2D eigenvalue weighted by Crippen LogP contribution is -2.27. The summed E-state index contributed by atoms with van der Waals surface area (Å²) in [5, 5.41) is 14.6. The van der Waals surface area contributed by atoms with Crippen molar-refractivity contribution in [1.82, 2.24) is 14.4 Å². The van der Waals surface area contributed by atoms with Crippen molar-refractivity contribution in [2.45, 2.75) is 26.3 Å². The van der Waals surface area contributed by atoms with Gasteiger partial charge in [-0.05, 0) is 32.9 Å². The number of rotatable bonds is 2. The molecule has 0 saturated heterocycles. The number of anilines is 1. The SMILES string of the molecule is CC(C)(C)Nc1c(-c2c(O)c3ccccc3oc2=O)nc2cnccn12. The smallest absolute Gasteiger partial charge is 0.349 e. The average molecular weight is 350 g/mol. The van der Waals surface area contributed by atoms with Crippen LogP contribution in [-0.4, -0.2) is 25.0 Å². The molecule has 0 unspecified atom stereocenters. The van der Waals surface area contributed by atoms with Gasteiger partial charge < -0.3 is 14.8 Å². The Hall–Kier alpha value is -3.35. The van der Waals surface area contributed by atoms with Crippen LogP contribution in [0.3, 0.4) is 0 Å². The van der Waals surface area contributed by atoms with Gasteiger partial charge in [0.15, 0.2) is 5.65 Å². The number of hydrogen-bond donors (Lipinski definition) is 2. The second kappa shape index (κ2) is 5.59. The largest absolute Gasteiger partial charge is 0.506 e. The minimum atomic E-state index is -0.644. The van der Waals surface area contributed by atoms with Crippen molar-refractivity contribution in [2.24, 2.45) is 0 Å². The van der Waals surface area contributed by atoms with E-state index in [9.17, 15) is 9.90 Å².